The van der Waals surface area contributed by atoms with E-state index in [0.29, 0.717) is 13.2 Å². The van der Waals surface area contributed by atoms with E-state index in [2.05, 4.69) is 0 Å². The molecular weight excluding hydrogens is 186 g/mol. The molecule has 1 fully saturated rings. The highest BCUT2D eigenvalue weighted by Crippen LogP contribution is 2.23. The molecule has 0 bridgehead atoms. The molecule has 0 aromatic rings. The van der Waals surface area contributed by atoms with Gasteiger partial charge >= 0.3 is 5.91 Å². The van der Waals surface area contributed by atoms with Crippen molar-refractivity contribution in [3.63, 3.8) is 0 Å². The van der Waals surface area contributed by atoms with Gasteiger partial charge in [-0.1, -0.05) is 0 Å². The average Bonchev–Trinajstić information content (AvgIpc) is 2.20. The van der Waals surface area contributed by atoms with Crippen molar-refractivity contribution in [2.75, 3.05) is 26.9 Å². The van der Waals surface area contributed by atoms with Crippen molar-refractivity contribution in [2.45, 2.75) is 12.8 Å². The minimum Gasteiger partial charge on any atom is -0.627 e. The second-order valence-corrected chi connectivity index (χ2v) is 3.66. The Morgan fingerprint density at radius 3 is 2.64 bits per heavy atom. The molecule has 82 valence electrons. The lowest BCUT2D eigenvalue weighted by atomic mass is 9.86. The summed E-state index contributed by atoms with van der Waals surface area (Å²) in [6.45, 7) is 1.00. The molecular formula is C9H17NO4. The third kappa shape index (κ3) is 2.75. The summed E-state index contributed by atoms with van der Waals surface area (Å²) in [6.07, 6.45) is 1.51. The van der Waals surface area contributed by atoms with E-state index in [0.717, 1.165) is 12.8 Å². The predicted octanol–water partition coefficient (Wildman–Crippen LogP) is -1.44. The highest BCUT2D eigenvalue weighted by Gasteiger charge is 2.32. The minimum absolute atomic E-state index is 0.102. The van der Waals surface area contributed by atoms with Crippen molar-refractivity contribution in [3.05, 3.63) is 5.21 Å². The van der Waals surface area contributed by atoms with Gasteiger partial charge in [0.05, 0.1) is 13.7 Å². The van der Waals surface area contributed by atoms with Crippen LogP contribution in [0.25, 0.3) is 0 Å². The monoisotopic (exact) mass is 203 g/mol. The lowest BCUT2D eigenvalue weighted by molar-refractivity contribution is -0.743. The van der Waals surface area contributed by atoms with Crippen LogP contribution in [0.1, 0.15) is 12.8 Å². The summed E-state index contributed by atoms with van der Waals surface area (Å²) in [7, 11) is 1.25. The van der Waals surface area contributed by atoms with E-state index < -0.39 is 16.9 Å². The van der Waals surface area contributed by atoms with E-state index in [-0.39, 0.29) is 12.5 Å². The first kappa shape index (κ1) is 11.6. The van der Waals surface area contributed by atoms with Gasteiger partial charge in [0.15, 0.2) is 0 Å². The zero-order valence-electron chi connectivity index (χ0n) is 8.36. The van der Waals surface area contributed by atoms with Gasteiger partial charge in [0.25, 0.3) is 0 Å². The van der Waals surface area contributed by atoms with Crippen LogP contribution in [-0.2, 0) is 9.53 Å². The molecule has 0 spiro atoms. The van der Waals surface area contributed by atoms with Crippen molar-refractivity contribution in [1.82, 2.24) is 0 Å². The quantitative estimate of drug-likeness (QED) is 0.551. The van der Waals surface area contributed by atoms with Crippen LogP contribution in [-0.4, -0.2) is 37.9 Å². The Morgan fingerprint density at radius 1 is 1.64 bits per heavy atom. The summed E-state index contributed by atoms with van der Waals surface area (Å²) >= 11 is 0. The number of aliphatic hydroxyl groups excluding tert-OH is 1. The average molecular weight is 203 g/mol. The number of ether oxygens (including phenoxy) is 1. The molecule has 1 heterocycles. The fraction of sp³-hybridized carbons (Fsp3) is 0.889. The summed E-state index contributed by atoms with van der Waals surface area (Å²) in [5, 5.41) is 19.5. The van der Waals surface area contributed by atoms with Gasteiger partial charge in [-0.25, -0.2) is 4.79 Å². The molecule has 5 nitrogen and oxygen atoms in total. The third-order valence-corrected chi connectivity index (χ3v) is 2.72. The Morgan fingerprint density at radius 2 is 2.21 bits per heavy atom. The topological polar surface area (TPSA) is 74.0 Å². The molecule has 1 amide bonds. The van der Waals surface area contributed by atoms with Gasteiger partial charge in [0.2, 0.25) is 0 Å². The first-order chi connectivity index (χ1) is 6.66. The number of hydroxylamine groups is 2. The molecule has 2 N–H and O–H groups in total. The molecule has 0 aliphatic carbocycles. The summed E-state index contributed by atoms with van der Waals surface area (Å²) in [5.41, 5.74) is 0. The molecule has 1 rings (SSSR count). The van der Waals surface area contributed by atoms with Crippen molar-refractivity contribution in [1.29, 1.82) is 0 Å². The predicted molar refractivity (Wildman–Crippen MR) is 49.4 cm³/mol. The maximum Gasteiger partial charge on any atom is 0.317 e. The molecule has 2 unspecified atom stereocenters. The van der Waals surface area contributed by atoms with Crippen LogP contribution in [0.5, 0.6) is 0 Å². The van der Waals surface area contributed by atoms with Crippen molar-refractivity contribution in [3.8, 4) is 0 Å². The number of hydrogen-bond donors (Lipinski definition) is 2. The fourth-order valence-electron chi connectivity index (χ4n) is 1.83. The van der Waals surface area contributed by atoms with Gasteiger partial charge in [-0.3, -0.25) is 0 Å². The molecule has 0 aromatic carbocycles. The Balaban J connectivity index is 2.55. The number of aliphatic hydroxyl groups is 1. The van der Waals surface area contributed by atoms with E-state index >= 15 is 0 Å². The van der Waals surface area contributed by atoms with E-state index in [4.69, 9.17) is 9.84 Å². The van der Waals surface area contributed by atoms with Crippen molar-refractivity contribution in [2.24, 2.45) is 11.8 Å². The Hall–Kier alpha value is -0.490. The van der Waals surface area contributed by atoms with E-state index in [9.17, 15) is 10.0 Å². The highest BCUT2D eigenvalue weighted by atomic mass is 16.5. The second kappa shape index (κ2) is 5.41. The van der Waals surface area contributed by atoms with Crippen LogP contribution in [0.3, 0.4) is 0 Å². The molecule has 0 aromatic heterocycles. The number of rotatable bonds is 3. The van der Waals surface area contributed by atoms with E-state index in [1.807, 2.05) is 0 Å². The van der Waals surface area contributed by atoms with E-state index in [1.165, 1.54) is 7.05 Å². The van der Waals surface area contributed by atoms with Gasteiger partial charge in [-0.05, 0) is 18.8 Å². The zero-order chi connectivity index (χ0) is 10.6. The number of hydrogen-bond acceptors (Lipinski definition) is 4. The van der Waals surface area contributed by atoms with Gasteiger partial charge in [0.1, 0.15) is 5.92 Å². The van der Waals surface area contributed by atoms with Crippen LogP contribution < -0.4 is 5.06 Å². The zero-order valence-corrected chi connectivity index (χ0v) is 8.36. The van der Waals surface area contributed by atoms with Crippen molar-refractivity contribution >= 4 is 5.91 Å². The van der Waals surface area contributed by atoms with Gasteiger partial charge in [0, 0.05) is 13.2 Å². The molecule has 2 atom stereocenters. The van der Waals surface area contributed by atoms with Gasteiger partial charge in [-0.2, -0.15) is 0 Å². The Kier molecular flexibility index (Phi) is 4.47. The summed E-state index contributed by atoms with van der Waals surface area (Å²) < 4.78 is 5.16. The summed E-state index contributed by atoms with van der Waals surface area (Å²) in [6, 6.07) is 0. The fourth-order valence-corrected chi connectivity index (χ4v) is 1.83. The van der Waals surface area contributed by atoms with E-state index in [1.54, 1.807) is 0 Å². The highest BCUT2D eigenvalue weighted by molar-refractivity contribution is 5.70. The molecule has 14 heavy (non-hydrogen) atoms. The first-order valence-corrected chi connectivity index (χ1v) is 4.90. The molecule has 1 saturated heterocycles. The smallest absolute Gasteiger partial charge is 0.317 e. The number of quaternary nitrogens is 1. The Labute approximate surface area is 83.2 Å². The number of carbonyl (C=O) groups excluding carboxylic acids is 1. The largest absolute Gasteiger partial charge is 0.627 e. The maximum absolute atomic E-state index is 11.4. The molecule has 0 saturated carbocycles. The second-order valence-electron chi connectivity index (χ2n) is 3.66. The lowest BCUT2D eigenvalue weighted by Gasteiger charge is -2.29. The number of nitrogens with one attached hydrogen (secondary N) is 1. The summed E-state index contributed by atoms with van der Waals surface area (Å²) in [4.78, 5) is 11.4. The van der Waals surface area contributed by atoms with Crippen LogP contribution in [0.15, 0.2) is 0 Å². The van der Waals surface area contributed by atoms with Crippen molar-refractivity contribution < 1.29 is 19.7 Å². The van der Waals surface area contributed by atoms with Crippen LogP contribution in [0.4, 0.5) is 0 Å². The lowest BCUT2D eigenvalue weighted by Crippen LogP contribution is -3.08. The van der Waals surface area contributed by atoms with Crippen LogP contribution in [0, 0.1) is 17.0 Å². The first-order valence-electron chi connectivity index (χ1n) is 4.90. The SMILES string of the molecule is C[NH+]([O-])C(=O)C(CO)C1CCOCC1. The van der Waals surface area contributed by atoms with Gasteiger partial charge in [-0.15, -0.1) is 0 Å². The molecule has 5 heteroatoms. The Bertz CT molecular complexity index is 189. The standard InChI is InChI=1S/C9H17NO4/c1-10(13)9(12)8(6-11)7-2-4-14-5-3-7/h7-8,10-11H,2-6H2,1H3. The van der Waals surface area contributed by atoms with Crippen LogP contribution in [0.2, 0.25) is 0 Å². The normalized spacial score (nSPS) is 23.1. The van der Waals surface area contributed by atoms with Gasteiger partial charge < -0.3 is 20.1 Å². The molecule has 0 radical (unpaired) electrons. The maximum atomic E-state index is 11.4. The summed E-state index contributed by atoms with van der Waals surface area (Å²) in [5.74, 6) is -0.860. The number of carbonyl (C=O) groups is 1. The van der Waals surface area contributed by atoms with Crippen LogP contribution >= 0.6 is 0 Å². The third-order valence-electron chi connectivity index (χ3n) is 2.72. The molecule has 1 aliphatic rings. The molecule has 1 aliphatic heterocycles. The number of amides is 1. The minimum atomic E-state index is -0.517.